The summed E-state index contributed by atoms with van der Waals surface area (Å²) in [5.74, 6) is 0. The zero-order chi connectivity index (χ0) is 4.50. The predicted molar refractivity (Wildman–Crippen MR) is 10.2 cm³/mol. The van der Waals surface area contributed by atoms with Crippen molar-refractivity contribution in [2.24, 2.45) is 0 Å². The molecule has 0 bridgehead atoms. The summed E-state index contributed by atoms with van der Waals surface area (Å²) in [4.78, 5) is 0. The second-order valence-corrected chi connectivity index (χ2v) is 2.87. The van der Waals surface area contributed by atoms with Gasteiger partial charge in [0.05, 0.1) is 0 Å². The summed E-state index contributed by atoms with van der Waals surface area (Å²) >= 11 is -7.18. The second-order valence-electron chi connectivity index (χ2n) is 0.429. The van der Waals surface area contributed by atoms with Crippen molar-refractivity contribution in [3.05, 3.63) is 0 Å². The van der Waals surface area contributed by atoms with Crippen LogP contribution in [0.3, 0.4) is 0 Å². The fourth-order valence-corrected chi connectivity index (χ4v) is 0. The first-order chi connectivity index (χ1) is 2.00. The Bertz CT molecular complexity index is 23.0. The van der Waals surface area contributed by atoms with Crippen molar-refractivity contribution in [3.63, 3.8) is 0 Å². The van der Waals surface area contributed by atoms with Crippen molar-refractivity contribution in [2.75, 3.05) is 0 Å². The van der Waals surface area contributed by atoms with Crippen LogP contribution in [0.15, 0.2) is 0 Å². The third kappa shape index (κ3) is 67.6. The van der Waals surface area contributed by atoms with Crippen LogP contribution in [0.5, 0.6) is 0 Å². The fraction of sp³-hybridized carbons (Fsp3) is 0. The summed E-state index contributed by atoms with van der Waals surface area (Å²) in [7, 11) is 0. The molecule has 0 amide bonds. The Hall–Kier alpha value is 1.14. The van der Waals surface area contributed by atoms with Gasteiger partial charge in [0.25, 0.3) is 0 Å². The van der Waals surface area contributed by atoms with Gasteiger partial charge in [-0.2, -0.15) is 0 Å². The Labute approximate surface area is 51.7 Å². The molecule has 6 heteroatoms. The summed E-state index contributed by atoms with van der Waals surface area (Å²) in [5.41, 5.74) is 0. The van der Waals surface area contributed by atoms with Gasteiger partial charge in [-0.05, 0) is 0 Å². The summed E-state index contributed by atoms with van der Waals surface area (Å²) in [6.07, 6.45) is 0. The monoisotopic (exact) mass is 260 g/mol. The van der Waals surface area contributed by atoms with Crippen molar-refractivity contribution in [1.82, 2.24) is 0 Å². The average molecular weight is 260 g/mol. The fourth-order valence-electron chi connectivity index (χ4n) is 0. The Kier molecular flexibility index (Phi) is 5.41. The zero-order valence-electron chi connectivity index (χ0n) is 2.72. The molecule has 0 aliphatic rings. The van der Waals surface area contributed by atoms with E-state index in [0.29, 0.717) is 0 Å². The van der Waals surface area contributed by atoms with Crippen LogP contribution in [0.2, 0.25) is 0 Å². The summed E-state index contributed by atoms with van der Waals surface area (Å²) in [6, 6.07) is 0. The van der Waals surface area contributed by atoms with E-state index >= 15 is 0 Å². The maximum Gasteiger partial charge on any atom is 0 e. The average Bonchev–Trinajstić information content (AvgIpc) is 0.722. The molecule has 0 aromatic carbocycles. The molecular formula is F4SnZn. The summed E-state index contributed by atoms with van der Waals surface area (Å²) in [6.45, 7) is 0. The van der Waals surface area contributed by atoms with Crippen molar-refractivity contribution in [2.45, 2.75) is 0 Å². The van der Waals surface area contributed by atoms with Gasteiger partial charge < -0.3 is 0 Å². The largest absolute Gasteiger partial charge is 0 e. The molecule has 0 rings (SSSR count). The van der Waals surface area contributed by atoms with Crippen molar-refractivity contribution < 1.29 is 30.9 Å². The molecule has 0 saturated carbocycles. The van der Waals surface area contributed by atoms with Gasteiger partial charge in [0, 0.05) is 19.5 Å². The summed E-state index contributed by atoms with van der Waals surface area (Å²) in [5, 5.41) is 0. The molecule has 0 fully saturated rings. The maximum absolute atomic E-state index is 9.90. The van der Waals surface area contributed by atoms with E-state index in [1.165, 1.54) is 0 Å². The minimum atomic E-state index is -7.18. The normalized spacial score (nSPS) is 10.0. The maximum atomic E-state index is 9.90. The molecule has 0 spiro atoms. The molecule has 6 heavy (non-hydrogen) atoms. The first-order valence-corrected chi connectivity index (χ1v) is 5.07. The molecule has 0 saturated heterocycles. The number of hydrogen-bond donors (Lipinski definition) is 0. The van der Waals surface area contributed by atoms with E-state index in [9.17, 15) is 11.5 Å². The molecule has 34 valence electrons. The molecule has 0 heterocycles. The minimum Gasteiger partial charge on any atom is 0 e. The Balaban J connectivity index is 0. The van der Waals surface area contributed by atoms with E-state index in [0.717, 1.165) is 0 Å². The molecule has 0 aliphatic carbocycles. The van der Waals surface area contributed by atoms with Crippen LogP contribution in [-0.2, 0) is 19.5 Å². The molecule has 0 radical (unpaired) electrons. The van der Waals surface area contributed by atoms with Crippen LogP contribution >= 0.6 is 0 Å². The quantitative estimate of drug-likeness (QED) is 0.455. The van der Waals surface area contributed by atoms with Gasteiger partial charge in [0.2, 0.25) is 0 Å². The van der Waals surface area contributed by atoms with Crippen molar-refractivity contribution >= 4 is 20.7 Å². The van der Waals surface area contributed by atoms with Crippen LogP contribution < -0.4 is 0 Å². The zero-order valence-corrected chi connectivity index (χ0v) is 8.54. The predicted octanol–water partition coefficient (Wildman–Crippen LogP) is 1.30. The molecule has 0 unspecified atom stereocenters. The third-order valence-electron chi connectivity index (χ3n) is 0. The van der Waals surface area contributed by atoms with E-state index in [1.54, 1.807) is 0 Å². The first-order valence-electron chi connectivity index (χ1n) is 0.756. The smallest absolute Gasteiger partial charge is 0 e. The molecule has 0 aliphatic heterocycles. The van der Waals surface area contributed by atoms with Crippen LogP contribution in [-0.4, -0.2) is 20.7 Å². The topological polar surface area (TPSA) is 0 Å². The van der Waals surface area contributed by atoms with Crippen LogP contribution in [0.25, 0.3) is 0 Å². The van der Waals surface area contributed by atoms with Gasteiger partial charge in [0.1, 0.15) is 0 Å². The van der Waals surface area contributed by atoms with E-state index in [4.69, 9.17) is 0 Å². The molecular weight excluding hydrogens is 260 g/mol. The summed E-state index contributed by atoms with van der Waals surface area (Å²) < 4.78 is 39.6. The van der Waals surface area contributed by atoms with Gasteiger partial charge in [-0.15, -0.1) is 0 Å². The standard InChI is InChI=1S/4FH.Sn.Zn/h4*1H;;/q;;;;+4;/p-4. The minimum absolute atomic E-state index is 0. The third-order valence-corrected chi connectivity index (χ3v) is 0. The molecule has 0 aromatic heterocycles. The van der Waals surface area contributed by atoms with Gasteiger partial charge in [-0.25, -0.2) is 0 Å². The Morgan fingerprint density at radius 3 is 0.833 bits per heavy atom. The number of hydrogen-bond acceptors (Lipinski definition) is 0. The van der Waals surface area contributed by atoms with Gasteiger partial charge in [0.15, 0.2) is 0 Å². The van der Waals surface area contributed by atoms with E-state index < -0.39 is 20.7 Å². The van der Waals surface area contributed by atoms with Crippen molar-refractivity contribution in [3.8, 4) is 0 Å². The van der Waals surface area contributed by atoms with Gasteiger partial charge in [-0.3, -0.25) is 0 Å². The molecule has 0 aromatic rings. The molecule has 0 N–H and O–H groups in total. The van der Waals surface area contributed by atoms with Crippen molar-refractivity contribution in [1.29, 1.82) is 0 Å². The van der Waals surface area contributed by atoms with Crippen LogP contribution in [0, 0.1) is 0 Å². The second kappa shape index (κ2) is 3.18. The van der Waals surface area contributed by atoms with Crippen LogP contribution in [0.1, 0.15) is 0 Å². The number of halogens is 4. The Morgan fingerprint density at radius 2 is 0.833 bits per heavy atom. The Morgan fingerprint density at radius 1 is 0.833 bits per heavy atom. The van der Waals surface area contributed by atoms with Crippen LogP contribution in [0.4, 0.5) is 11.5 Å². The van der Waals surface area contributed by atoms with Gasteiger partial charge >= 0.3 is 32.1 Å². The van der Waals surface area contributed by atoms with E-state index in [-0.39, 0.29) is 19.5 Å². The number of rotatable bonds is 0. The van der Waals surface area contributed by atoms with E-state index in [1.807, 2.05) is 0 Å². The molecule has 0 nitrogen and oxygen atoms in total. The SMILES string of the molecule is [F][Sn]([F])([F])[F].[Zn]. The van der Waals surface area contributed by atoms with Gasteiger partial charge in [-0.1, -0.05) is 0 Å². The van der Waals surface area contributed by atoms with E-state index in [2.05, 4.69) is 0 Å². The first kappa shape index (κ1) is 10.2. The molecule has 0 atom stereocenters.